The van der Waals surface area contributed by atoms with E-state index >= 15 is 0 Å². The number of ether oxygens (including phenoxy) is 2. The standard InChI is InChI=1S/C32H31ClN5O5PS/c1-40-28-27-25(20-41-44(33,45)43-27)42-31(28)38-21-34-26-29(38)35-32(37(30(26)39)19-24-15-9-4-10-16-24)36(17-22-11-5-2-6-12-22)18-23-13-7-3-8-14-23/h2-16,21,25,27-28,31H,17-20H2,1H3/t25-,27-,28-,31-,44?/m1/s1. The zero-order valence-electron chi connectivity index (χ0n) is 24.4. The summed E-state index contributed by atoms with van der Waals surface area (Å²) in [5.41, 5.74) is 3.48. The van der Waals surface area contributed by atoms with E-state index in [-0.39, 0.29) is 17.7 Å². The lowest BCUT2D eigenvalue weighted by Crippen LogP contribution is -2.39. The molecule has 0 amide bonds. The molecule has 5 aromatic rings. The number of hydrogen-bond donors (Lipinski definition) is 0. The van der Waals surface area contributed by atoms with Gasteiger partial charge in [-0.3, -0.25) is 13.9 Å². The normalized spacial score (nSPS) is 24.5. The SMILES string of the molecule is CO[C@@H]1[C@@H]2OP(=S)(Cl)OC[C@H]2O[C@H]1n1cnc2c(=O)n(Cc3ccccc3)c(N(Cc3ccccc3)Cc3ccccc3)nc21. The summed E-state index contributed by atoms with van der Waals surface area (Å²) in [6, 6.07) is 30.1. The average Bonchev–Trinajstić information content (AvgIpc) is 3.63. The molecule has 2 saturated heterocycles. The smallest absolute Gasteiger partial charge is 0.283 e. The van der Waals surface area contributed by atoms with E-state index in [1.54, 1.807) is 22.6 Å². The first-order valence-corrected chi connectivity index (χ1v) is 18.1. The van der Waals surface area contributed by atoms with Crippen molar-refractivity contribution in [1.82, 2.24) is 19.1 Å². The maximum absolute atomic E-state index is 14.4. The Morgan fingerprint density at radius 1 is 0.978 bits per heavy atom. The molecule has 7 rings (SSSR count). The maximum atomic E-state index is 14.4. The van der Waals surface area contributed by atoms with E-state index < -0.39 is 30.4 Å². The first-order chi connectivity index (χ1) is 21.9. The molecule has 1 unspecified atom stereocenters. The van der Waals surface area contributed by atoms with Gasteiger partial charge in [-0.15, -0.1) is 0 Å². The summed E-state index contributed by atoms with van der Waals surface area (Å²) >= 11 is 11.6. The highest BCUT2D eigenvalue weighted by Gasteiger charge is 2.52. The van der Waals surface area contributed by atoms with Gasteiger partial charge >= 0.3 is 0 Å². The van der Waals surface area contributed by atoms with Gasteiger partial charge in [0.2, 0.25) is 5.95 Å². The first-order valence-electron chi connectivity index (χ1n) is 14.6. The van der Waals surface area contributed by atoms with Crippen molar-refractivity contribution in [1.29, 1.82) is 0 Å². The van der Waals surface area contributed by atoms with E-state index in [1.165, 1.54) is 0 Å². The Kier molecular flexibility index (Phi) is 8.58. The highest BCUT2D eigenvalue weighted by Crippen LogP contribution is 2.60. The Morgan fingerprint density at radius 2 is 1.58 bits per heavy atom. The van der Waals surface area contributed by atoms with Crippen LogP contribution in [0.1, 0.15) is 22.9 Å². The lowest BCUT2D eigenvalue weighted by molar-refractivity contribution is -0.0571. The quantitative estimate of drug-likeness (QED) is 0.186. The second-order valence-electron chi connectivity index (χ2n) is 11.0. The van der Waals surface area contributed by atoms with Gasteiger partial charge in [-0.1, -0.05) is 91.0 Å². The lowest BCUT2D eigenvalue weighted by Gasteiger charge is -2.31. The van der Waals surface area contributed by atoms with Crippen LogP contribution in [-0.4, -0.2) is 51.1 Å². The molecular formula is C32H31ClN5O5PS. The third-order valence-electron chi connectivity index (χ3n) is 8.03. The van der Waals surface area contributed by atoms with Gasteiger partial charge in [-0.05, 0) is 39.7 Å². The zero-order chi connectivity index (χ0) is 31.0. The Hall–Kier alpha value is -3.41. The van der Waals surface area contributed by atoms with E-state index in [9.17, 15) is 4.79 Å². The molecule has 2 aliphatic rings. The largest absolute Gasteiger partial charge is 0.374 e. The van der Waals surface area contributed by atoms with Gasteiger partial charge in [-0.2, -0.15) is 4.98 Å². The first kappa shape index (κ1) is 30.3. The summed E-state index contributed by atoms with van der Waals surface area (Å²) in [5, 5.41) is 0. The molecule has 10 nitrogen and oxygen atoms in total. The number of anilines is 1. The summed E-state index contributed by atoms with van der Waals surface area (Å²) < 4.78 is 27.2. The Bertz CT molecular complexity index is 1850. The van der Waals surface area contributed by atoms with Crippen molar-refractivity contribution in [2.24, 2.45) is 0 Å². The van der Waals surface area contributed by atoms with Crippen molar-refractivity contribution in [3.8, 4) is 0 Å². The number of fused-ring (bicyclic) bond motifs is 2. The van der Waals surface area contributed by atoms with E-state index in [4.69, 9.17) is 46.6 Å². The van der Waals surface area contributed by atoms with Crippen LogP contribution in [0.15, 0.2) is 102 Å². The Labute approximate surface area is 270 Å². The summed E-state index contributed by atoms with van der Waals surface area (Å²) in [6.45, 7) is 1.54. The van der Waals surface area contributed by atoms with Gasteiger partial charge in [0.15, 0.2) is 17.4 Å². The highest BCUT2D eigenvalue weighted by atomic mass is 35.7. The molecule has 0 saturated carbocycles. The summed E-state index contributed by atoms with van der Waals surface area (Å²) in [4.78, 5) is 26.2. The van der Waals surface area contributed by atoms with Gasteiger partial charge in [0.1, 0.15) is 18.3 Å². The van der Waals surface area contributed by atoms with Crippen LogP contribution >= 0.6 is 17.1 Å². The third kappa shape index (κ3) is 6.22. The number of methoxy groups -OCH3 is 1. The molecule has 0 N–H and O–H groups in total. The molecule has 4 heterocycles. The molecule has 13 heteroatoms. The van der Waals surface area contributed by atoms with Gasteiger partial charge < -0.3 is 23.4 Å². The number of benzene rings is 3. The topological polar surface area (TPSA) is 92.9 Å². The fourth-order valence-corrected chi connectivity index (χ4v) is 7.77. The minimum Gasteiger partial charge on any atom is -0.374 e. The predicted octanol–water partition coefficient (Wildman–Crippen LogP) is 5.64. The summed E-state index contributed by atoms with van der Waals surface area (Å²) in [5.74, 6) is -2.44. The van der Waals surface area contributed by atoms with Crippen LogP contribution in [0.4, 0.5) is 5.95 Å². The van der Waals surface area contributed by atoms with E-state index in [0.29, 0.717) is 31.2 Å². The monoisotopic (exact) mass is 663 g/mol. The zero-order valence-corrected chi connectivity index (χ0v) is 26.9. The van der Waals surface area contributed by atoms with Gasteiger partial charge in [-0.25, -0.2) is 4.98 Å². The van der Waals surface area contributed by atoms with Gasteiger partial charge in [0, 0.05) is 20.2 Å². The number of aromatic nitrogens is 4. The molecule has 3 aromatic carbocycles. The fourth-order valence-electron chi connectivity index (χ4n) is 5.91. The number of rotatable bonds is 9. The van der Waals surface area contributed by atoms with Gasteiger partial charge in [0.25, 0.3) is 11.4 Å². The number of hydrogen-bond acceptors (Lipinski definition) is 9. The molecule has 2 aliphatic heterocycles. The average molecular weight is 664 g/mol. The van der Waals surface area contributed by atoms with Crippen molar-refractivity contribution in [3.05, 3.63) is 124 Å². The molecule has 232 valence electrons. The third-order valence-corrected chi connectivity index (χ3v) is 10.1. The predicted molar refractivity (Wildman–Crippen MR) is 176 cm³/mol. The second-order valence-corrected chi connectivity index (χ2v) is 15.7. The number of halogens is 1. The summed E-state index contributed by atoms with van der Waals surface area (Å²) in [6.07, 6.45) is -0.720. The van der Waals surface area contributed by atoms with Crippen LogP contribution in [-0.2, 0) is 50.0 Å². The minimum absolute atomic E-state index is 0.179. The van der Waals surface area contributed by atoms with E-state index in [1.807, 2.05) is 66.7 Å². The van der Waals surface area contributed by atoms with Crippen LogP contribution < -0.4 is 10.5 Å². The molecule has 45 heavy (non-hydrogen) atoms. The number of imidazole rings is 1. The van der Waals surface area contributed by atoms with Crippen molar-refractivity contribution in [2.45, 2.75) is 44.2 Å². The fraction of sp³-hybridized carbons (Fsp3) is 0.281. The summed E-state index contributed by atoms with van der Waals surface area (Å²) in [7, 11) is 1.58. The molecule has 0 radical (unpaired) electrons. The highest BCUT2D eigenvalue weighted by molar-refractivity contribution is 8.22. The van der Waals surface area contributed by atoms with Crippen LogP contribution in [0, 0.1) is 0 Å². The van der Waals surface area contributed by atoms with Crippen molar-refractivity contribution >= 4 is 46.0 Å². The molecule has 0 bridgehead atoms. The Balaban J connectivity index is 1.37. The molecule has 5 atom stereocenters. The molecule has 0 aliphatic carbocycles. The van der Waals surface area contributed by atoms with Crippen LogP contribution in [0.2, 0.25) is 0 Å². The van der Waals surface area contributed by atoms with Crippen molar-refractivity contribution in [2.75, 3.05) is 18.6 Å². The number of nitrogens with zero attached hydrogens (tertiary/aromatic N) is 5. The maximum Gasteiger partial charge on any atom is 0.283 e. The Morgan fingerprint density at radius 3 is 2.18 bits per heavy atom. The van der Waals surface area contributed by atoms with Crippen LogP contribution in [0.3, 0.4) is 0 Å². The van der Waals surface area contributed by atoms with Crippen molar-refractivity contribution < 1.29 is 18.5 Å². The van der Waals surface area contributed by atoms with E-state index in [0.717, 1.165) is 16.7 Å². The molecule has 2 fully saturated rings. The van der Waals surface area contributed by atoms with Crippen LogP contribution in [0.5, 0.6) is 0 Å². The van der Waals surface area contributed by atoms with E-state index in [2.05, 4.69) is 34.1 Å². The molecule has 2 aromatic heterocycles. The van der Waals surface area contributed by atoms with Crippen LogP contribution in [0.25, 0.3) is 11.2 Å². The van der Waals surface area contributed by atoms with Gasteiger partial charge in [0.05, 0.1) is 19.5 Å². The minimum atomic E-state index is -2.95. The molecule has 0 spiro atoms. The lowest BCUT2D eigenvalue weighted by atomic mass is 10.1. The molecular weight excluding hydrogens is 633 g/mol. The second kappa shape index (κ2) is 12.8. The van der Waals surface area contributed by atoms with Crippen molar-refractivity contribution in [3.63, 3.8) is 0 Å².